The monoisotopic (exact) mass is 331 g/mol. The second kappa shape index (κ2) is 8.34. The topological polar surface area (TPSA) is 55.4 Å². The third-order valence-corrected chi connectivity index (χ3v) is 3.74. The van der Waals surface area contributed by atoms with Gasteiger partial charge in [-0.3, -0.25) is 9.59 Å². The van der Waals surface area contributed by atoms with E-state index in [1.54, 1.807) is 6.07 Å². The molecule has 0 radical (unpaired) electrons. The lowest BCUT2D eigenvalue weighted by Gasteiger charge is -2.18. The number of hydrogen-bond acceptors (Lipinski definition) is 3. The molecule has 0 saturated carbocycles. The van der Waals surface area contributed by atoms with E-state index in [1.165, 1.54) is 7.11 Å². The Hall–Kier alpha value is -2.33. The Bertz CT molecular complexity index is 673. The molecule has 0 fully saturated rings. The predicted octanol–water partition coefficient (Wildman–Crippen LogP) is 3.15. The lowest BCUT2D eigenvalue weighted by molar-refractivity contribution is -0.141. The maximum absolute atomic E-state index is 12.2. The van der Waals surface area contributed by atoms with Gasteiger partial charge in [-0.2, -0.15) is 0 Å². The number of nitrogens with one attached hydrogen (secondary N) is 1. The molecule has 0 aromatic heterocycles. The van der Waals surface area contributed by atoms with Crippen molar-refractivity contribution in [3.63, 3.8) is 0 Å². The average molecular weight is 332 g/mol. The molecule has 0 heterocycles. The number of esters is 1. The van der Waals surface area contributed by atoms with Gasteiger partial charge >= 0.3 is 5.97 Å². The molecule has 4 nitrogen and oxygen atoms in total. The molecule has 0 aliphatic heterocycles. The lowest BCUT2D eigenvalue weighted by atomic mass is 9.88. The van der Waals surface area contributed by atoms with Gasteiger partial charge in [-0.15, -0.1) is 0 Å². The predicted molar refractivity (Wildman–Crippen MR) is 89.4 cm³/mol. The Morgan fingerprint density at radius 1 is 1.09 bits per heavy atom. The van der Waals surface area contributed by atoms with Gasteiger partial charge in [0, 0.05) is 17.4 Å². The molecule has 0 aliphatic carbocycles. The molecular weight excluding hydrogens is 314 g/mol. The van der Waals surface area contributed by atoms with E-state index in [1.807, 2.05) is 48.5 Å². The molecule has 0 spiro atoms. The summed E-state index contributed by atoms with van der Waals surface area (Å²) in [5.41, 5.74) is 1.97. The fourth-order valence-electron chi connectivity index (χ4n) is 2.34. The molecule has 0 aliphatic rings. The Morgan fingerprint density at radius 2 is 1.78 bits per heavy atom. The second-order valence-corrected chi connectivity index (χ2v) is 5.51. The molecule has 5 heteroatoms. The molecule has 120 valence electrons. The summed E-state index contributed by atoms with van der Waals surface area (Å²) < 4.78 is 4.52. The highest BCUT2D eigenvalue weighted by atomic mass is 35.5. The van der Waals surface area contributed by atoms with Crippen LogP contribution in [-0.2, 0) is 14.3 Å². The van der Waals surface area contributed by atoms with Crippen molar-refractivity contribution in [3.05, 3.63) is 70.7 Å². The van der Waals surface area contributed by atoms with Crippen molar-refractivity contribution in [3.8, 4) is 0 Å². The number of rotatable bonds is 6. The first-order valence-electron chi connectivity index (χ1n) is 7.24. The second-order valence-electron chi connectivity index (χ2n) is 5.08. The van der Waals surface area contributed by atoms with Crippen molar-refractivity contribution in [1.82, 2.24) is 5.32 Å². The largest absolute Gasteiger partial charge is 0.468 e. The van der Waals surface area contributed by atoms with E-state index >= 15 is 0 Å². The van der Waals surface area contributed by atoms with Crippen LogP contribution >= 0.6 is 11.6 Å². The number of methoxy groups -OCH3 is 1. The zero-order chi connectivity index (χ0) is 16.7. The molecule has 1 N–H and O–H groups in total. The summed E-state index contributed by atoms with van der Waals surface area (Å²) in [7, 11) is 1.28. The Kier molecular flexibility index (Phi) is 6.18. The number of carbonyl (C=O) groups is 2. The number of hydrogen-bond donors (Lipinski definition) is 1. The van der Waals surface area contributed by atoms with Crippen LogP contribution in [0.25, 0.3) is 0 Å². The minimum absolute atomic E-state index is 0.132. The molecule has 23 heavy (non-hydrogen) atoms. The quantitative estimate of drug-likeness (QED) is 0.827. The van der Waals surface area contributed by atoms with Crippen LogP contribution in [0.1, 0.15) is 23.5 Å². The van der Waals surface area contributed by atoms with Gasteiger partial charge in [0.25, 0.3) is 0 Å². The van der Waals surface area contributed by atoms with Crippen LogP contribution < -0.4 is 5.32 Å². The summed E-state index contributed by atoms with van der Waals surface area (Å²) in [6.07, 6.45) is 0.224. The molecule has 2 rings (SSSR count). The highest BCUT2D eigenvalue weighted by molar-refractivity contribution is 6.30. The van der Waals surface area contributed by atoms with Crippen LogP contribution in [0.3, 0.4) is 0 Å². The summed E-state index contributed by atoms with van der Waals surface area (Å²) in [5, 5.41) is 3.20. The number of ether oxygens (including phenoxy) is 1. The number of benzene rings is 2. The molecule has 2 aromatic carbocycles. The van der Waals surface area contributed by atoms with Crippen molar-refractivity contribution in [2.45, 2.75) is 12.3 Å². The Balaban J connectivity index is 2.18. The van der Waals surface area contributed by atoms with Gasteiger partial charge in [0.2, 0.25) is 5.91 Å². The smallest absolute Gasteiger partial charge is 0.325 e. The third-order valence-electron chi connectivity index (χ3n) is 3.50. The van der Waals surface area contributed by atoms with E-state index in [0.29, 0.717) is 5.02 Å². The van der Waals surface area contributed by atoms with Gasteiger partial charge in [0.1, 0.15) is 6.54 Å². The van der Waals surface area contributed by atoms with Crippen molar-refractivity contribution < 1.29 is 14.3 Å². The van der Waals surface area contributed by atoms with Gasteiger partial charge in [-0.1, -0.05) is 54.1 Å². The Labute approximate surface area is 140 Å². The first-order valence-corrected chi connectivity index (χ1v) is 7.62. The van der Waals surface area contributed by atoms with Gasteiger partial charge < -0.3 is 10.1 Å². The van der Waals surface area contributed by atoms with Crippen molar-refractivity contribution in [1.29, 1.82) is 0 Å². The summed E-state index contributed by atoms with van der Waals surface area (Å²) >= 11 is 6.07. The van der Waals surface area contributed by atoms with Crippen molar-refractivity contribution in [2.75, 3.05) is 13.7 Å². The van der Waals surface area contributed by atoms with Crippen LogP contribution in [0.15, 0.2) is 54.6 Å². The fourth-order valence-corrected chi connectivity index (χ4v) is 2.54. The minimum Gasteiger partial charge on any atom is -0.468 e. The number of carbonyl (C=O) groups excluding carboxylic acids is 2. The average Bonchev–Trinajstić information content (AvgIpc) is 2.58. The van der Waals surface area contributed by atoms with Gasteiger partial charge in [0.15, 0.2) is 0 Å². The van der Waals surface area contributed by atoms with E-state index in [2.05, 4.69) is 10.1 Å². The first kappa shape index (κ1) is 17.0. The summed E-state index contributed by atoms with van der Waals surface area (Å²) in [4.78, 5) is 23.3. The lowest BCUT2D eigenvalue weighted by Crippen LogP contribution is -2.31. The maximum Gasteiger partial charge on any atom is 0.325 e. The normalized spacial score (nSPS) is 11.6. The molecule has 1 atom stereocenters. The number of amides is 1. The first-order chi connectivity index (χ1) is 11.1. The van der Waals surface area contributed by atoms with Gasteiger partial charge in [0.05, 0.1) is 7.11 Å². The third kappa shape index (κ3) is 5.11. The molecule has 2 aromatic rings. The van der Waals surface area contributed by atoms with E-state index < -0.39 is 5.97 Å². The van der Waals surface area contributed by atoms with E-state index in [9.17, 15) is 9.59 Å². The molecular formula is C18H18ClNO3. The van der Waals surface area contributed by atoms with Crippen molar-refractivity contribution in [2.24, 2.45) is 0 Å². The van der Waals surface area contributed by atoms with Gasteiger partial charge in [-0.05, 0) is 23.3 Å². The van der Waals surface area contributed by atoms with Gasteiger partial charge in [-0.25, -0.2) is 0 Å². The fraction of sp³-hybridized carbons (Fsp3) is 0.222. The van der Waals surface area contributed by atoms with Crippen molar-refractivity contribution >= 4 is 23.5 Å². The summed E-state index contributed by atoms with van der Waals surface area (Å²) in [5.74, 6) is -0.825. The van der Waals surface area contributed by atoms with E-state index in [-0.39, 0.29) is 24.8 Å². The molecule has 1 amide bonds. The summed E-state index contributed by atoms with van der Waals surface area (Å²) in [6, 6.07) is 17.2. The van der Waals surface area contributed by atoms with Crippen LogP contribution in [0.2, 0.25) is 5.02 Å². The molecule has 0 bridgehead atoms. The zero-order valence-corrected chi connectivity index (χ0v) is 13.5. The van der Waals surface area contributed by atoms with E-state index in [0.717, 1.165) is 11.1 Å². The maximum atomic E-state index is 12.2. The SMILES string of the molecule is COC(=O)CNC(=O)CC(c1ccccc1)c1cccc(Cl)c1. The molecule has 0 saturated heterocycles. The highest BCUT2D eigenvalue weighted by Gasteiger charge is 2.19. The standard InChI is InChI=1S/C18H18ClNO3/c1-23-18(22)12-20-17(21)11-16(13-6-3-2-4-7-13)14-8-5-9-15(19)10-14/h2-10,16H,11-12H2,1H3,(H,20,21). The van der Waals surface area contributed by atoms with Crippen LogP contribution in [0.4, 0.5) is 0 Å². The number of halogens is 1. The zero-order valence-electron chi connectivity index (χ0n) is 12.8. The summed E-state index contributed by atoms with van der Waals surface area (Å²) in [6.45, 7) is -0.133. The minimum atomic E-state index is -0.475. The van der Waals surface area contributed by atoms with Crippen LogP contribution in [0.5, 0.6) is 0 Å². The van der Waals surface area contributed by atoms with Crippen LogP contribution in [-0.4, -0.2) is 25.5 Å². The van der Waals surface area contributed by atoms with Crippen LogP contribution in [0, 0.1) is 0 Å². The van der Waals surface area contributed by atoms with E-state index in [4.69, 9.17) is 11.6 Å². The molecule has 1 unspecified atom stereocenters. The highest BCUT2D eigenvalue weighted by Crippen LogP contribution is 2.29. The Morgan fingerprint density at radius 3 is 2.43 bits per heavy atom.